The van der Waals surface area contributed by atoms with Gasteiger partial charge in [0.1, 0.15) is 0 Å². The molecule has 0 fully saturated rings. The molecule has 0 aliphatic carbocycles. The third-order valence-electron chi connectivity index (χ3n) is 7.00. The molecule has 7 nitrogen and oxygen atoms in total. The fraction of sp³-hybridized carbons (Fsp3) is 0.296. The van der Waals surface area contributed by atoms with E-state index in [1.54, 1.807) is 6.20 Å². The monoisotopic (exact) mass is 488 g/mol. The van der Waals surface area contributed by atoms with Crippen molar-refractivity contribution in [3.63, 3.8) is 0 Å². The van der Waals surface area contributed by atoms with Crippen LogP contribution in [0.5, 0.6) is 0 Å². The lowest BCUT2D eigenvalue weighted by atomic mass is 9.65. The second-order valence-electron chi connectivity index (χ2n) is 10.5. The number of aromatic amines is 2. The van der Waals surface area contributed by atoms with Crippen LogP contribution in [0.3, 0.4) is 0 Å². The fourth-order valence-electron chi connectivity index (χ4n) is 5.80. The molecule has 0 radical (unpaired) electrons. The zero-order valence-electron chi connectivity index (χ0n) is 21.0. The maximum atomic E-state index is 15.3. The standard InChI is InChI=1S/C27H32N4O3Si/c1-17-27(26(2,3)4,21-16-29-23-14-10-8-12-19(21)23)31(33,34-35(5)6)25(32)24(30-17)20-15-28-22-13-9-7-11-18(20)22/h7-16,28-29,32,35H,1-6H3. The fourth-order valence-corrected chi connectivity index (χ4v) is 6.65. The van der Waals surface area contributed by atoms with Gasteiger partial charge in [0.15, 0.2) is 5.70 Å². The Labute approximate surface area is 206 Å². The number of aliphatic hydroxyl groups excluding tert-OH is 1. The number of para-hydroxylation sites is 2. The van der Waals surface area contributed by atoms with E-state index in [0.717, 1.165) is 27.4 Å². The van der Waals surface area contributed by atoms with Gasteiger partial charge in [-0.15, -0.1) is 4.81 Å². The van der Waals surface area contributed by atoms with E-state index in [1.165, 1.54) is 0 Å². The Hall–Kier alpha value is -3.17. The van der Waals surface area contributed by atoms with Crippen LogP contribution >= 0.6 is 0 Å². The van der Waals surface area contributed by atoms with Crippen LogP contribution in [0.2, 0.25) is 13.1 Å². The predicted molar refractivity (Wildman–Crippen MR) is 144 cm³/mol. The van der Waals surface area contributed by atoms with E-state index in [9.17, 15) is 5.11 Å². The Balaban J connectivity index is 1.88. The van der Waals surface area contributed by atoms with Crippen molar-refractivity contribution in [1.29, 1.82) is 0 Å². The Kier molecular flexibility index (Phi) is 5.34. The van der Waals surface area contributed by atoms with E-state index < -0.39 is 30.7 Å². The Morgan fingerprint density at radius 2 is 1.54 bits per heavy atom. The summed E-state index contributed by atoms with van der Waals surface area (Å²) >= 11 is 0. The highest BCUT2D eigenvalue weighted by molar-refractivity contribution is 6.48. The van der Waals surface area contributed by atoms with Gasteiger partial charge in [0.25, 0.3) is 9.04 Å². The summed E-state index contributed by atoms with van der Waals surface area (Å²) in [7, 11) is -1.96. The lowest BCUT2D eigenvalue weighted by Crippen LogP contribution is -2.69. The summed E-state index contributed by atoms with van der Waals surface area (Å²) in [6, 6.07) is 15.7. The molecule has 2 unspecified atom stereocenters. The summed E-state index contributed by atoms with van der Waals surface area (Å²) in [5, 5.41) is 28.9. The number of aliphatic imine (C=N–C) groups is 1. The molecule has 182 valence electrons. The number of nitrogens with zero attached hydrogens (tertiary/aromatic N) is 2. The van der Waals surface area contributed by atoms with Crippen LogP contribution < -0.4 is 0 Å². The highest BCUT2D eigenvalue weighted by atomic mass is 28.3. The molecule has 4 aromatic rings. The number of rotatable bonds is 4. The van der Waals surface area contributed by atoms with Gasteiger partial charge in [0, 0.05) is 50.7 Å². The maximum absolute atomic E-state index is 15.3. The van der Waals surface area contributed by atoms with Gasteiger partial charge in [0.05, 0.1) is 5.71 Å². The minimum Gasteiger partial charge on any atom is -0.591 e. The smallest absolute Gasteiger partial charge is 0.350 e. The Bertz CT molecular complexity index is 1490. The summed E-state index contributed by atoms with van der Waals surface area (Å²) in [6.07, 6.45) is 3.66. The van der Waals surface area contributed by atoms with E-state index in [1.807, 2.05) is 95.5 Å². The second-order valence-corrected chi connectivity index (χ2v) is 12.8. The SMILES string of the molecule is CC1=NC(c2c[nH]c3ccccc23)=C(O)[N+]([O-])(O[SiH](C)C)C1(c1c[nH]c2ccccc12)C(C)(C)C. The highest BCUT2D eigenvalue weighted by Gasteiger charge is 2.65. The van der Waals surface area contributed by atoms with Crippen LogP contribution in [-0.2, 0) is 10.1 Å². The normalized spacial score (nSPS) is 23.5. The van der Waals surface area contributed by atoms with Gasteiger partial charge < -0.3 is 20.3 Å². The van der Waals surface area contributed by atoms with Crippen molar-refractivity contribution in [2.45, 2.75) is 46.3 Å². The van der Waals surface area contributed by atoms with Gasteiger partial charge in [-0.3, -0.25) is 4.53 Å². The van der Waals surface area contributed by atoms with Crippen LogP contribution in [0.1, 0.15) is 38.8 Å². The number of nitrogens with one attached hydrogen (secondary N) is 2. The highest BCUT2D eigenvalue weighted by Crippen LogP contribution is 2.57. The molecule has 35 heavy (non-hydrogen) atoms. The van der Waals surface area contributed by atoms with Gasteiger partial charge in [0.2, 0.25) is 5.54 Å². The second kappa shape index (κ2) is 7.92. The topological polar surface area (TPSA) is 96.5 Å². The maximum Gasteiger partial charge on any atom is 0.350 e. The number of hydrogen-bond acceptors (Lipinski definition) is 4. The summed E-state index contributed by atoms with van der Waals surface area (Å²) in [5.41, 5.74) is 2.09. The van der Waals surface area contributed by atoms with Crippen molar-refractivity contribution >= 4 is 42.3 Å². The van der Waals surface area contributed by atoms with Crippen LogP contribution in [-0.4, -0.2) is 34.6 Å². The minimum absolute atomic E-state index is 0.240. The van der Waals surface area contributed by atoms with Crippen LogP contribution in [0.4, 0.5) is 0 Å². The average molecular weight is 489 g/mol. The van der Waals surface area contributed by atoms with Crippen molar-refractivity contribution in [1.82, 2.24) is 9.97 Å². The van der Waals surface area contributed by atoms with E-state index in [2.05, 4.69) is 9.97 Å². The number of fused-ring (bicyclic) bond motifs is 2. The van der Waals surface area contributed by atoms with Crippen molar-refractivity contribution in [2.75, 3.05) is 0 Å². The minimum atomic E-state index is -1.96. The van der Waals surface area contributed by atoms with Crippen molar-refractivity contribution < 1.29 is 14.4 Å². The quantitative estimate of drug-likeness (QED) is 0.174. The first-order valence-corrected chi connectivity index (χ1v) is 14.7. The van der Waals surface area contributed by atoms with Crippen molar-refractivity contribution in [2.24, 2.45) is 10.4 Å². The third kappa shape index (κ3) is 3.17. The number of benzene rings is 2. The third-order valence-corrected chi connectivity index (χ3v) is 7.72. The molecular formula is C27H32N4O3Si. The predicted octanol–water partition coefficient (Wildman–Crippen LogP) is 6.48. The molecule has 1 aliphatic rings. The molecule has 2 aromatic carbocycles. The van der Waals surface area contributed by atoms with Crippen LogP contribution in [0.25, 0.3) is 27.5 Å². The molecule has 5 rings (SSSR count). The number of hydrogen-bond donors (Lipinski definition) is 3. The van der Waals surface area contributed by atoms with Gasteiger partial charge in [-0.2, -0.15) is 0 Å². The molecule has 3 N–H and O–H groups in total. The number of aromatic nitrogens is 2. The van der Waals surface area contributed by atoms with E-state index >= 15 is 5.21 Å². The first-order chi connectivity index (χ1) is 16.5. The van der Waals surface area contributed by atoms with Gasteiger partial charge in [-0.1, -0.05) is 57.2 Å². The summed E-state index contributed by atoms with van der Waals surface area (Å²) in [5.74, 6) is -0.429. The molecule has 8 heteroatoms. The van der Waals surface area contributed by atoms with Crippen molar-refractivity contribution in [3.05, 3.63) is 83.1 Å². The summed E-state index contributed by atoms with van der Waals surface area (Å²) < 4.78 is 6.32. The Morgan fingerprint density at radius 1 is 0.971 bits per heavy atom. The van der Waals surface area contributed by atoms with Crippen molar-refractivity contribution in [3.8, 4) is 0 Å². The molecule has 0 spiro atoms. The first kappa shape index (κ1) is 23.6. The number of quaternary nitrogens is 1. The molecule has 2 aromatic heterocycles. The molecule has 0 saturated heterocycles. The zero-order chi connectivity index (χ0) is 25.2. The molecule has 3 heterocycles. The molecular weight excluding hydrogens is 456 g/mol. The van der Waals surface area contributed by atoms with Crippen LogP contribution in [0.15, 0.2) is 71.8 Å². The van der Waals surface area contributed by atoms with E-state index in [0.29, 0.717) is 11.3 Å². The van der Waals surface area contributed by atoms with Gasteiger partial charge in [-0.05, 0) is 32.2 Å². The van der Waals surface area contributed by atoms with E-state index in [-0.39, 0.29) is 5.70 Å². The van der Waals surface area contributed by atoms with Gasteiger partial charge in [-0.25, -0.2) is 4.99 Å². The lowest BCUT2D eigenvalue weighted by molar-refractivity contribution is -1.07. The zero-order valence-corrected chi connectivity index (χ0v) is 22.2. The molecule has 0 amide bonds. The first-order valence-electron chi connectivity index (χ1n) is 11.9. The largest absolute Gasteiger partial charge is 0.591 e. The number of hydroxylamine groups is 4. The number of aliphatic hydroxyl groups is 1. The Morgan fingerprint density at radius 3 is 2.17 bits per heavy atom. The lowest BCUT2D eigenvalue weighted by Gasteiger charge is -2.59. The van der Waals surface area contributed by atoms with E-state index in [4.69, 9.17) is 9.52 Å². The average Bonchev–Trinajstić information content (AvgIpc) is 3.40. The van der Waals surface area contributed by atoms with Gasteiger partial charge >= 0.3 is 5.88 Å². The summed E-state index contributed by atoms with van der Waals surface area (Å²) in [4.78, 5) is 10.2. The molecule has 0 saturated carbocycles. The molecule has 0 bridgehead atoms. The molecule has 2 atom stereocenters. The molecule has 1 aliphatic heterocycles. The summed E-state index contributed by atoms with van der Waals surface area (Å²) in [6.45, 7) is 11.8. The van der Waals surface area contributed by atoms with Crippen LogP contribution in [0, 0.1) is 10.6 Å². The number of H-pyrrole nitrogens is 2.